The van der Waals surface area contributed by atoms with E-state index in [4.69, 9.17) is 17.3 Å². The van der Waals surface area contributed by atoms with Gasteiger partial charge in [0.2, 0.25) is 5.91 Å². The summed E-state index contributed by atoms with van der Waals surface area (Å²) in [4.78, 5) is 14.2. The quantitative estimate of drug-likeness (QED) is 0.723. The van der Waals surface area contributed by atoms with Crippen molar-refractivity contribution in [1.29, 1.82) is 0 Å². The molecular weight excluding hydrogens is 274 g/mol. The predicted molar refractivity (Wildman–Crippen MR) is 86.1 cm³/mol. The zero-order valence-corrected chi connectivity index (χ0v) is 13.0. The van der Waals surface area contributed by atoms with Crippen LogP contribution < -0.4 is 11.1 Å². The molecule has 112 valence electrons. The van der Waals surface area contributed by atoms with E-state index in [1.165, 1.54) is 12.8 Å². The third-order valence-electron chi connectivity index (χ3n) is 3.20. The van der Waals surface area contributed by atoms with Crippen molar-refractivity contribution in [3.8, 4) is 0 Å². The van der Waals surface area contributed by atoms with Crippen molar-refractivity contribution >= 4 is 28.9 Å². The molecular formula is C15H24ClN3O. The molecule has 1 rings (SSSR count). The Morgan fingerprint density at radius 3 is 2.70 bits per heavy atom. The number of nitrogens with one attached hydrogen (secondary N) is 1. The van der Waals surface area contributed by atoms with E-state index in [1.807, 2.05) is 0 Å². The average molecular weight is 298 g/mol. The molecule has 0 aromatic heterocycles. The van der Waals surface area contributed by atoms with Gasteiger partial charge in [0.1, 0.15) is 0 Å². The molecule has 1 amide bonds. The summed E-state index contributed by atoms with van der Waals surface area (Å²) in [5.74, 6) is -0.0216. The molecule has 0 spiro atoms. The van der Waals surface area contributed by atoms with Crippen LogP contribution in [0.3, 0.4) is 0 Å². The van der Waals surface area contributed by atoms with Gasteiger partial charge in [0.05, 0.1) is 10.7 Å². The van der Waals surface area contributed by atoms with E-state index in [2.05, 4.69) is 24.1 Å². The second-order valence-corrected chi connectivity index (χ2v) is 5.23. The first-order chi connectivity index (χ1) is 9.56. The molecule has 0 atom stereocenters. The number of halogens is 1. The maximum absolute atomic E-state index is 11.9. The summed E-state index contributed by atoms with van der Waals surface area (Å²) in [7, 11) is 0. The van der Waals surface area contributed by atoms with Crippen LogP contribution >= 0.6 is 11.6 Å². The van der Waals surface area contributed by atoms with Gasteiger partial charge < -0.3 is 16.0 Å². The van der Waals surface area contributed by atoms with Crippen LogP contribution in [0.1, 0.15) is 33.1 Å². The lowest BCUT2D eigenvalue weighted by molar-refractivity contribution is -0.116. The summed E-state index contributed by atoms with van der Waals surface area (Å²) in [5, 5.41) is 3.29. The highest BCUT2D eigenvalue weighted by Gasteiger charge is 2.08. The minimum absolute atomic E-state index is 0.0216. The molecule has 20 heavy (non-hydrogen) atoms. The fourth-order valence-electron chi connectivity index (χ4n) is 1.91. The molecule has 0 fully saturated rings. The molecule has 0 aliphatic heterocycles. The third-order valence-corrected chi connectivity index (χ3v) is 3.51. The monoisotopic (exact) mass is 297 g/mol. The number of carbonyl (C=O) groups excluding carboxylic acids is 1. The predicted octanol–water partition coefficient (Wildman–Crippen LogP) is 3.37. The van der Waals surface area contributed by atoms with Crippen LogP contribution in [0, 0.1) is 0 Å². The lowest BCUT2D eigenvalue weighted by atomic mass is 10.2. The van der Waals surface area contributed by atoms with Gasteiger partial charge in [0.25, 0.3) is 0 Å². The molecule has 5 heteroatoms. The second kappa shape index (κ2) is 8.82. The number of benzene rings is 1. The minimum Gasteiger partial charge on any atom is -0.399 e. The minimum atomic E-state index is -0.0216. The Kier molecular flexibility index (Phi) is 7.41. The molecule has 3 N–H and O–H groups in total. The summed E-state index contributed by atoms with van der Waals surface area (Å²) in [6.07, 6.45) is 2.81. The lowest BCUT2D eigenvalue weighted by Gasteiger charge is -2.19. The van der Waals surface area contributed by atoms with Gasteiger partial charge in [-0.15, -0.1) is 0 Å². The topological polar surface area (TPSA) is 58.4 Å². The fraction of sp³-hybridized carbons (Fsp3) is 0.533. The van der Waals surface area contributed by atoms with Crippen molar-refractivity contribution in [3.63, 3.8) is 0 Å². The maximum Gasteiger partial charge on any atom is 0.225 e. The summed E-state index contributed by atoms with van der Waals surface area (Å²) < 4.78 is 0. The first-order valence-electron chi connectivity index (χ1n) is 7.14. The van der Waals surface area contributed by atoms with Crippen LogP contribution in [0.25, 0.3) is 0 Å². The number of nitrogens with two attached hydrogens (primary N) is 1. The SMILES string of the molecule is CCCCN(CC)CCC(=O)Nc1ccc(N)cc1Cl. The van der Waals surface area contributed by atoms with E-state index in [9.17, 15) is 4.79 Å². The Hall–Kier alpha value is -1.26. The summed E-state index contributed by atoms with van der Waals surface area (Å²) in [6, 6.07) is 5.09. The average Bonchev–Trinajstić information content (AvgIpc) is 2.42. The molecule has 0 saturated carbocycles. The van der Waals surface area contributed by atoms with Crippen LogP contribution in [0.4, 0.5) is 11.4 Å². The molecule has 1 aromatic carbocycles. The van der Waals surface area contributed by atoms with E-state index in [-0.39, 0.29) is 5.91 Å². The molecule has 0 aliphatic carbocycles. The van der Waals surface area contributed by atoms with Gasteiger partial charge >= 0.3 is 0 Å². The highest BCUT2D eigenvalue weighted by atomic mass is 35.5. The number of nitrogen functional groups attached to an aromatic ring is 1. The van der Waals surface area contributed by atoms with E-state index in [0.717, 1.165) is 19.6 Å². The number of rotatable bonds is 8. The van der Waals surface area contributed by atoms with Crippen molar-refractivity contribution in [1.82, 2.24) is 4.90 Å². The van der Waals surface area contributed by atoms with Crippen molar-refractivity contribution < 1.29 is 4.79 Å². The third kappa shape index (κ3) is 5.80. The first-order valence-corrected chi connectivity index (χ1v) is 7.51. The number of nitrogens with zero attached hydrogens (tertiary/aromatic N) is 1. The largest absolute Gasteiger partial charge is 0.399 e. The van der Waals surface area contributed by atoms with E-state index < -0.39 is 0 Å². The van der Waals surface area contributed by atoms with Gasteiger partial charge in [-0.2, -0.15) is 0 Å². The Morgan fingerprint density at radius 2 is 2.10 bits per heavy atom. The van der Waals surface area contributed by atoms with Crippen molar-refractivity contribution in [2.75, 3.05) is 30.7 Å². The summed E-state index contributed by atoms with van der Waals surface area (Å²) in [5.41, 5.74) is 6.82. The van der Waals surface area contributed by atoms with Gasteiger partial charge in [-0.3, -0.25) is 4.79 Å². The Labute approximate surface area is 126 Å². The number of amides is 1. The van der Waals surface area contributed by atoms with Gasteiger partial charge in [0.15, 0.2) is 0 Å². The zero-order chi connectivity index (χ0) is 15.0. The standard InChI is InChI=1S/C15H24ClN3O/c1-3-5-9-19(4-2)10-8-15(20)18-14-7-6-12(17)11-13(14)16/h6-7,11H,3-5,8-10,17H2,1-2H3,(H,18,20). The van der Waals surface area contributed by atoms with Crippen molar-refractivity contribution in [3.05, 3.63) is 23.2 Å². The van der Waals surface area contributed by atoms with E-state index in [1.54, 1.807) is 18.2 Å². The van der Waals surface area contributed by atoms with E-state index >= 15 is 0 Å². The number of carbonyl (C=O) groups is 1. The number of hydrogen-bond acceptors (Lipinski definition) is 3. The number of unbranched alkanes of at least 4 members (excludes halogenated alkanes) is 1. The molecule has 1 aromatic rings. The molecule has 0 heterocycles. The summed E-state index contributed by atoms with van der Waals surface area (Å²) >= 11 is 6.03. The van der Waals surface area contributed by atoms with Crippen molar-refractivity contribution in [2.24, 2.45) is 0 Å². The first kappa shape index (κ1) is 16.8. The lowest BCUT2D eigenvalue weighted by Crippen LogP contribution is -2.28. The van der Waals surface area contributed by atoms with Gasteiger partial charge in [-0.25, -0.2) is 0 Å². The Bertz CT molecular complexity index is 437. The zero-order valence-electron chi connectivity index (χ0n) is 12.3. The number of hydrogen-bond donors (Lipinski definition) is 2. The molecule has 0 aliphatic rings. The van der Waals surface area contributed by atoms with E-state index in [0.29, 0.717) is 22.8 Å². The van der Waals surface area contributed by atoms with Crippen LogP contribution in [0.15, 0.2) is 18.2 Å². The Balaban J connectivity index is 2.43. The van der Waals surface area contributed by atoms with Gasteiger partial charge in [-0.05, 0) is 37.7 Å². The van der Waals surface area contributed by atoms with Gasteiger partial charge in [-0.1, -0.05) is 31.9 Å². The molecule has 0 bridgehead atoms. The molecule has 0 saturated heterocycles. The highest BCUT2D eigenvalue weighted by Crippen LogP contribution is 2.24. The molecule has 0 radical (unpaired) electrons. The summed E-state index contributed by atoms with van der Waals surface area (Å²) in [6.45, 7) is 7.07. The van der Waals surface area contributed by atoms with Crippen LogP contribution in [-0.4, -0.2) is 30.4 Å². The van der Waals surface area contributed by atoms with Crippen molar-refractivity contribution in [2.45, 2.75) is 33.1 Å². The van der Waals surface area contributed by atoms with Crippen LogP contribution in [0.2, 0.25) is 5.02 Å². The fourth-order valence-corrected chi connectivity index (χ4v) is 2.15. The smallest absolute Gasteiger partial charge is 0.225 e. The maximum atomic E-state index is 11.9. The second-order valence-electron chi connectivity index (χ2n) is 4.83. The normalized spacial score (nSPS) is 10.8. The van der Waals surface area contributed by atoms with Gasteiger partial charge in [0, 0.05) is 18.7 Å². The van der Waals surface area contributed by atoms with Crippen LogP contribution in [0.5, 0.6) is 0 Å². The Morgan fingerprint density at radius 1 is 1.35 bits per heavy atom. The molecule has 0 unspecified atom stereocenters. The molecule has 4 nitrogen and oxygen atoms in total. The number of anilines is 2. The highest BCUT2D eigenvalue weighted by molar-refractivity contribution is 6.34. The van der Waals surface area contributed by atoms with Crippen LogP contribution in [-0.2, 0) is 4.79 Å².